The number of para-hydroxylation sites is 2. The van der Waals surface area contributed by atoms with Crippen molar-refractivity contribution in [3.63, 3.8) is 0 Å². The van der Waals surface area contributed by atoms with Crippen LogP contribution in [0.2, 0.25) is 0 Å². The predicted molar refractivity (Wildman–Crippen MR) is 86.9 cm³/mol. The third kappa shape index (κ3) is 4.18. The van der Waals surface area contributed by atoms with Gasteiger partial charge in [0.15, 0.2) is 5.69 Å². The SMILES string of the molecule is CS(=O)(=O)Nc1ccccc1[N+]1(CCO)CCCCCC1. The highest BCUT2D eigenvalue weighted by Crippen LogP contribution is 2.34. The zero-order chi connectivity index (χ0) is 15.3. The van der Waals surface area contributed by atoms with Crippen LogP contribution in [0.15, 0.2) is 24.3 Å². The first-order valence-corrected chi connectivity index (χ1v) is 9.40. The average molecular weight is 313 g/mol. The van der Waals surface area contributed by atoms with E-state index in [1.54, 1.807) is 6.07 Å². The van der Waals surface area contributed by atoms with Gasteiger partial charge in [0, 0.05) is 6.07 Å². The Labute approximate surface area is 127 Å². The Balaban J connectivity index is 2.44. The molecule has 21 heavy (non-hydrogen) atoms. The first-order chi connectivity index (χ1) is 9.97. The van der Waals surface area contributed by atoms with Gasteiger partial charge in [-0.15, -0.1) is 0 Å². The number of hydrogen-bond donors (Lipinski definition) is 2. The molecule has 0 atom stereocenters. The predicted octanol–water partition coefficient (Wildman–Crippen LogP) is 1.93. The Morgan fingerprint density at radius 2 is 1.76 bits per heavy atom. The van der Waals surface area contributed by atoms with Crippen LogP contribution in [-0.4, -0.2) is 46.0 Å². The highest BCUT2D eigenvalue weighted by atomic mass is 32.2. The van der Waals surface area contributed by atoms with E-state index < -0.39 is 10.0 Å². The molecule has 0 unspecified atom stereocenters. The lowest BCUT2D eigenvalue weighted by atomic mass is 10.1. The van der Waals surface area contributed by atoms with Crippen molar-refractivity contribution >= 4 is 21.4 Å². The van der Waals surface area contributed by atoms with E-state index >= 15 is 0 Å². The molecule has 1 saturated heterocycles. The molecule has 1 aromatic carbocycles. The second kappa shape index (κ2) is 6.77. The standard InChI is InChI=1S/C15H25N2O3S/c1-21(19,20)16-14-8-4-5-9-15(14)17(12-13-18)10-6-2-3-7-11-17/h4-5,8-9,16,18H,2-3,6-7,10-13H2,1H3/q+1. The van der Waals surface area contributed by atoms with E-state index in [2.05, 4.69) is 4.72 Å². The molecule has 118 valence electrons. The molecule has 0 amide bonds. The first kappa shape index (κ1) is 16.3. The van der Waals surface area contributed by atoms with E-state index in [1.807, 2.05) is 18.2 Å². The summed E-state index contributed by atoms with van der Waals surface area (Å²) in [5.74, 6) is 0. The molecule has 0 spiro atoms. The van der Waals surface area contributed by atoms with E-state index in [0.29, 0.717) is 16.7 Å². The van der Waals surface area contributed by atoms with Crippen molar-refractivity contribution < 1.29 is 13.5 Å². The fourth-order valence-electron chi connectivity index (χ4n) is 3.24. The molecule has 0 aliphatic carbocycles. The summed E-state index contributed by atoms with van der Waals surface area (Å²) in [5.41, 5.74) is 1.61. The Morgan fingerprint density at radius 3 is 2.33 bits per heavy atom. The second-order valence-electron chi connectivity index (χ2n) is 5.85. The molecule has 0 aromatic heterocycles. The van der Waals surface area contributed by atoms with Gasteiger partial charge in [-0.2, -0.15) is 0 Å². The van der Waals surface area contributed by atoms with Crippen LogP contribution >= 0.6 is 0 Å². The molecular formula is C15H25N2O3S+. The normalized spacial score (nSPS) is 19.0. The van der Waals surface area contributed by atoms with E-state index in [9.17, 15) is 13.5 Å². The molecule has 6 heteroatoms. The van der Waals surface area contributed by atoms with E-state index in [4.69, 9.17) is 0 Å². The van der Waals surface area contributed by atoms with Crippen LogP contribution in [0.1, 0.15) is 25.7 Å². The van der Waals surface area contributed by atoms with Crippen molar-refractivity contribution in [3.05, 3.63) is 24.3 Å². The van der Waals surface area contributed by atoms with E-state index in [-0.39, 0.29) is 6.61 Å². The van der Waals surface area contributed by atoms with E-state index in [1.165, 1.54) is 19.1 Å². The maximum Gasteiger partial charge on any atom is 0.230 e. The van der Waals surface area contributed by atoms with Crippen molar-refractivity contribution in [1.29, 1.82) is 0 Å². The Kier molecular flexibility index (Phi) is 5.24. The number of aliphatic hydroxyl groups excluding tert-OH is 1. The van der Waals surface area contributed by atoms with Crippen molar-refractivity contribution in [1.82, 2.24) is 4.48 Å². The smallest absolute Gasteiger partial charge is 0.230 e. The van der Waals surface area contributed by atoms with Gasteiger partial charge in [-0.1, -0.05) is 12.1 Å². The van der Waals surface area contributed by atoms with Crippen molar-refractivity contribution in [3.8, 4) is 0 Å². The van der Waals surface area contributed by atoms with Gasteiger partial charge < -0.3 is 5.11 Å². The molecule has 1 aromatic rings. The highest BCUT2D eigenvalue weighted by Gasteiger charge is 2.33. The number of sulfonamides is 1. The van der Waals surface area contributed by atoms with Crippen LogP contribution in [0.3, 0.4) is 0 Å². The molecule has 1 heterocycles. The minimum Gasteiger partial charge on any atom is -0.390 e. The van der Waals surface area contributed by atoms with Crippen molar-refractivity contribution in [2.45, 2.75) is 25.7 Å². The van der Waals surface area contributed by atoms with Gasteiger partial charge in [0.1, 0.15) is 12.2 Å². The Morgan fingerprint density at radius 1 is 1.14 bits per heavy atom. The summed E-state index contributed by atoms with van der Waals surface area (Å²) in [5, 5.41) is 9.51. The molecule has 0 radical (unpaired) electrons. The lowest BCUT2D eigenvalue weighted by molar-refractivity contribution is 0.202. The number of hydrogen-bond acceptors (Lipinski definition) is 3. The molecule has 5 nitrogen and oxygen atoms in total. The average Bonchev–Trinajstić information content (AvgIpc) is 2.64. The molecule has 0 saturated carbocycles. The minimum absolute atomic E-state index is 0.104. The number of rotatable bonds is 5. The number of likely N-dealkylation sites (tertiary alicyclic amines) is 1. The Bertz CT molecular complexity index is 564. The third-order valence-electron chi connectivity index (χ3n) is 4.16. The van der Waals surface area contributed by atoms with Crippen LogP contribution in [0.25, 0.3) is 0 Å². The van der Waals surface area contributed by atoms with Crippen LogP contribution in [0, 0.1) is 0 Å². The topological polar surface area (TPSA) is 66.4 Å². The molecule has 1 aliphatic rings. The molecule has 0 bridgehead atoms. The minimum atomic E-state index is -3.31. The van der Waals surface area contributed by atoms with Gasteiger partial charge in [0.05, 0.1) is 26.0 Å². The molecule has 1 aliphatic heterocycles. The van der Waals surface area contributed by atoms with Gasteiger partial charge in [-0.05, 0) is 31.7 Å². The summed E-state index contributed by atoms with van der Waals surface area (Å²) in [6.45, 7) is 2.63. The third-order valence-corrected chi connectivity index (χ3v) is 4.75. The zero-order valence-corrected chi connectivity index (χ0v) is 13.4. The number of anilines is 1. The highest BCUT2D eigenvalue weighted by molar-refractivity contribution is 7.92. The Hall–Kier alpha value is -1.11. The van der Waals surface area contributed by atoms with Gasteiger partial charge in [-0.25, -0.2) is 8.42 Å². The quantitative estimate of drug-likeness (QED) is 0.816. The number of nitrogens with zero attached hydrogens (tertiary/aromatic N) is 1. The van der Waals surface area contributed by atoms with Gasteiger partial charge in [0.2, 0.25) is 10.0 Å². The number of nitrogens with one attached hydrogen (secondary N) is 1. The molecular weight excluding hydrogens is 288 g/mol. The van der Waals surface area contributed by atoms with Crippen LogP contribution in [0.5, 0.6) is 0 Å². The zero-order valence-electron chi connectivity index (χ0n) is 12.6. The van der Waals surface area contributed by atoms with Gasteiger partial charge >= 0.3 is 0 Å². The molecule has 2 N–H and O–H groups in total. The van der Waals surface area contributed by atoms with Crippen LogP contribution < -0.4 is 9.21 Å². The summed E-state index contributed by atoms with van der Waals surface area (Å²) in [4.78, 5) is 0. The van der Waals surface area contributed by atoms with Crippen molar-refractivity contribution in [2.75, 3.05) is 37.2 Å². The van der Waals surface area contributed by atoms with Gasteiger partial charge in [-0.3, -0.25) is 9.21 Å². The van der Waals surface area contributed by atoms with Gasteiger partial charge in [0.25, 0.3) is 0 Å². The number of benzene rings is 1. The van der Waals surface area contributed by atoms with Crippen LogP contribution in [0.4, 0.5) is 11.4 Å². The second-order valence-corrected chi connectivity index (χ2v) is 7.59. The lowest BCUT2D eigenvalue weighted by Gasteiger charge is -2.38. The summed E-state index contributed by atoms with van der Waals surface area (Å²) in [6.07, 6.45) is 5.78. The van der Waals surface area contributed by atoms with Crippen LogP contribution in [-0.2, 0) is 10.0 Å². The number of quaternary nitrogens is 1. The summed E-state index contributed by atoms with van der Waals surface area (Å²) in [7, 11) is -3.31. The summed E-state index contributed by atoms with van der Waals surface area (Å²) in [6, 6.07) is 7.56. The van der Waals surface area contributed by atoms with Crippen molar-refractivity contribution in [2.24, 2.45) is 0 Å². The lowest BCUT2D eigenvalue weighted by Crippen LogP contribution is -2.52. The number of aliphatic hydroxyl groups is 1. The monoisotopic (exact) mass is 313 g/mol. The largest absolute Gasteiger partial charge is 0.390 e. The maximum absolute atomic E-state index is 11.6. The first-order valence-electron chi connectivity index (χ1n) is 7.51. The van der Waals surface area contributed by atoms with E-state index in [0.717, 1.165) is 31.6 Å². The summed E-state index contributed by atoms with van der Waals surface area (Å²) >= 11 is 0. The fourth-order valence-corrected chi connectivity index (χ4v) is 3.82. The fraction of sp³-hybridized carbons (Fsp3) is 0.600. The molecule has 1 fully saturated rings. The molecule has 2 rings (SSSR count). The summed E-state index contributed by atoms with van der Waals surface area (Å²) < 4.78 is 26.5. The maximum atomic E-state index is 11.6.